The molecule has 194 valence electrons. The van der Waals surface area contributed by atoms with Crippen molar-refractivity contribution in [3.05, 3.63) is 126 Å². The molecule has 0 bridgehead atoms. The molecule has 38 heavy (non-hydrogen) atoms. The van der Waals surface area contributed by atoms with E-state index >= 15 is 0 Å². The number of ether oxygens (including phenoxy) is 3. The van der Waals surface area contributed by atoms with E-state index in [0.717, 1.165) is 16.9 Å². The van der Waals surface area contributed by atoms with Crippen LogP contribution in [0.4, 0.5) is 5.69 Å². The number of para-hydroxylation sites is 1. The lowest BCUT2D eigenvalue weighted by atomic mass is 10.1. The van der Waals surface area contributed by atoms with E-state index in [1.165, 1.54) is 7.11 Å². The van der Waals surface area contributed by atoms with Gasteiger partial charge in [0.05, 0.1) is 25.9 Å². The van der Waals surface area contributed by atoms with Gasteiger partial charge in [0.2, 0.25) is 5.91 Å². The van der Waals surface area contributed by atoms with Crippen LogP contribution >= 0.6 is 0 Å². The van der Waals surface area contributed by atoms with Gasteiger partial charge in [-0.15, -0.1) is 0 Å². The number of amides is 1. The highest BCUT2D eigenvalue weighted by molar-refractivity contribution is 5.95. The van der Waals surface area contributed by atoms with Gasteiger partial charge in [0.15, 0.2) is 0 Å². The van der Waals surface area contributed by atoms with Gasteiger partial charge in [-0.25, -0.2) is 4.79 Å². The van der Waals surface area contributed by atoms with E-state index in [1.54, 1.807) is 36.4 Å². The first kappa shape index (κ1) is 26.6. The quantitative estimate of drug-likeness (QED) is 0.242. The highest BCUT2D eigenvalue weighted by Crippen LogP contribution is 2.22. The van der Waals surface area contributed by atoms with E-state index in [4.69, 9.17) is 14.2 Å². The summed E-state index contributed by atoms with van der Waals surface area (Å²) in [6, 6.07) is 32.9. The van der Waals surface area contributed by atoms with Gasteiger partial charge in [0, 0.05) is 12.2 Å². The molecule has 0 radical (unpaired) electrons. The van der Waals surface area contributed by atoms with Gasteiger partial charge in [-0.3, -0.25) is 10.1 Å². The lowest BCUT2D eigenvalue weighted by molar-refractivity contribution is -0.119. The fourth-order valence-electron chi connectivity index (χ4n) is 3.67. The number of carbonyl (C=O) groups is 2. The Morgan fingerprint density at radius 3 is 2.03 bits per heavy atom. The van der Waals surface area contributed by atoms with Crippen LogP contribution in [0.15, 0.2) is 109 Å². The van der Waals surface area contributed by atoms with Gasteiger partial charge in [0.1, 0.15) is 17.5 Å². The van der Waals surface area contributed by atoms with Crippen LogP contribution in [0.5, 0.6) is 11.5 Å². The molecule has 1 unspecified atom stereocenters. The number of anilines is 1. The number of esters is 1. The minimum Gasteiger partial charge on any atom is -0.465 e. The van der Waals surface area contributed by atoms with Gasteiger partial charge in [-0.1, -0.05) is 60.7 Å². The molecule has 0 spiro atoms. The number of nitrogens with one attached hydrogen (secondary N) is 2. The van der Waals surface area contributed by atoms with Crippen molar-refractivity contribution in [1.29, 1.82) is 0 Å². The van der Waals surface area contributed by atoms with Crippen molar-refractivity contribution in [3.8, 4) is 11.5 Å². The molecule has 1 amide bonds. The Hall–Kier alpha value is -4.46. The van der Waals surface area contributed by atoms with Crippen LogP contribution in [0.2, 0.25) is 0 Å². The molecule has 1 atom stereocenters. The van der Waals surface area contributed by atoms with E-state index in [9.17, 15) is 9.59 Å². The minimum atomic E-state index is -0.612. The normalized spacial score (nSPS) is 11.4. The first-order valence-corrected chi connectivity index (χ1v) is 12.3. The Bertz CT molecular complexity index is 1290. The molecule has 4 rings (SSSR count). The average molecular weight is 511 g/mol. The van der Waals surface area contributed by atoms with Gasteiger partial charge in [0.25, 0.3) is 0 Å². The van der Waals surface area contributed by atoms with Crippen molar-refractivity contribution in [2.24, 2.45) is 0 Å². The third kappa shape index (κ3) is 8.03. The standard InChI is InChI=1S/C31H30N2O5/c1-36-31(35)25-14-12-23(13-15-25)20-32-29(22-37-21-24-8-4-2-5-9-24)30(34)33-26-16-18-28(19-17-26)38-27-10-6-3-7-11-27/h2-19,29,32H,20-22H2,1H3,(H,33,34). The summed E-state index contributed by atoms with van der Waals surface area (Å²) < 4.78 is 16.4. The Kier molecular flexibility index (Phi) is 9.62. The lowest BCUT2D eigenvalue weighted by Gasteiger charge is -2.19. The van der Waals surface area contributed by atoms with Crippen LogP contribution < -0.4 is 15.4 Å². The summed E-state index contributed by atoms with van der Waals surface area (Å²) in [6.45, 7) is 0.986. The second-order valence-corrected chi connectivity index (χ2v) is 8.55. The average Bonchev–Trinajstić information content (AvgIpc) is 2.97. The van der Waals surface area contributed by atoms with Crippen LogP contribution in [0, 0.1) is 0 Å². The summed E-state index contributed by atoms with van der Waals surface area (Å²) >= 11 is 0. The number of rotatable bonds is 12. The van der Waals surface area contributed by atoms with Crippen LogP contribution in [0.25, 0.3) is 0 Å². The zero-order valence-electron chi connectivity index (χ0n) is 21.1. The van der Waals surface area contributed by atoms with E-state index in [-0.39, 0.29) is 12.5 Å². The summed E-state index contributed by atoms with van der Waals surface area (Å²) in [5.41, 5.74) is 3.06. The first-order valence-electron chi connectivity index (χ1n) is 12.3. The molecule has 0 aromatic heterocycles. The second-order valence-electron chi connectivity index (χ2n) is 8.55. The largest absolute Gasteiger partial charge is 0.465 e. The maximum atomic E-state index is 13.2. The molecule has 7 heteroatoms. The summed E-state index contributed by atoms with van der Waals surface area (Å²) in [7, 11) is 1.35. The molecule has 0 aliphatic heterocycles. The molecule has 0 heterocycles. The predicted molar refractivity (Wildman–Crippen MR) is 146 cm³/mol. The Morgan fingerprint density at radius 1 is 0.737 bits per heavy atom. The number of hydrogen-bond donors (Lipinski definition) is 2. The number of carbonyl (C=O) groups excluding carboxylic acids is 2. The molecule has 0 fully saturated rings. The van der Waals surface area contributed by atoms with E-state index in [1.807, 2.05) is 72.8 Å². The SMILES string of the molecule is COC(=O)c1ccc(CNC(COCc2ccccc2)C(=O)Nc2ccc(Oc3ccccc3)cc2)cc1. The third-order valence-electron chi connectivity index (χ3n) is 5.74. The van der Waals surface area contributed by atoms with Gasteiger partial charge >= 0.3 is 5.97 Å². The monoisotopic (exact) mass is 510 g/mol. The van der Waals surface area contributed by atoms with Crippen molar-refractivity contribution in [3.63, 3.8) is 0 Å². The fourth-order valence-corrected chi connectivity index (χ4v) is 3.67. The van der Waals surface area contributed by atoms with Crippen LogP contribution in [0.1, 0.15) is 21.5 Å². The second kappa shape index (κ2) is 13.7. The molecular weight excluding hydrogens is 480 g/mol. The lowest BCUT2D eigenvalue weighted by Crippen LogP contribution is -2.43. The van der Waals surface area contributed by atoms with Crippen LogP contribution in [-0.2, 0) is 27.4 Å². The van der Waals surface area contributed by atoms with Crippen molar-refractivity contribution in [1.82, 2.24) is 5.32 Å². The molecule has 4 aromatic rings. The summed E-state index contributed by atoms with van der Waals surface area (Å²) in [6.07, 6.45) is 0. The summed E-state index contributed by atoms with van der Waals surface area (Å²) in [5, 5.41) is 6.22. The summed E-state index contributed by atoms with van der Waals surface area (Å²) in [5.74, 6) is 0.798. The minimum absolute atomic E-state index is 0.177. The van der Waals surface area contributed by atoms with Gasteiger partial charge in [-0.05, 0) is 59.7 Å². The van der Waals surface area contributed by atoms with E-state index in [2.05, 4.69) is 10.6 Å². The Labute approximate surface area is 222 Å². The molecule has 4 aromatic carbocycles. The molecule has 2 N–H and O–H groups in total. The molecule has 7 nitrogen and oxygen atoms in total. The smallest absolute Gasteiger partial charge is 0.337 e. The van der Waals surface area contributed by atoms with E-state index < -0.39 is 12.0 Å². The highest BCUT2D eigenvalue weighted by atomic mass is 16.5. The zero-order valence-corrected chi connectivity index (χ0v) is 21.1. The van der Waals surface area contributed by atoms with Crippen LogP contribution in [0.3, 0.4) is 0 Å². The molecular formula is C31H30N2O5. The highest BCUT2D eigenvalue weighted by Gasteiger charge is 2.19. The van der Waals surface area contributed by atoms with E-state index in [0.29, 0.717) is 30.2 Å². The van der Waals surface area contributed by atoms with Crippen molar-refractivity contribution in [2.45, 2.75) is 19.2 Å². The van der Waals surface area contributed by atoms with Gasteiger partial charge < -0.3 is 19.5 Å². The van der Waals surface area contributed by atoms with Gasteiger partial charge in [-0.2, -0.15) is 0 Å². The predicted octanol–water partition coefficient (Wildman–Crippen LogP) is 5.58. The summed E-state index contributed by atoms with van der Waals surface area (Å²) in [4.78, 5) is 24.9. The number of hydrogen-bond acceptors (Lipinski definition) is 6. The van der Waals surface area contributed by atoms with Crippen molar-refractivity contribution < 1.29 is 23.8 Å². The Morgan fingerprint density at radius 2 is 1.37 bits per heavy atom. The maximum Gasteiger partial charge on any atom is 0.337 e. The topological polar surface area (TPSA) is 85.9 Å². The zero-order chi connectivity index (χ0) is 26.6. The molecule has 0 saturated heterocycles. The van der Waals surface area contributed by atoms with Crippen LogP contribution in [-0.4, -0.2) is 31.6 Å². The fraction of sp³-hybridized carbons (Fsp3) is 0.161. The molecule has 0 aliphatic rings. The molecule has 0 saturated carbocycles. The number of methoxy groups -OCH3 is 1. The maximum absolute atomic E-state index is 13.2. The Balaban J connectivity index is 1.37. The first-order chi connectivity index (χ1) is 18.6. The van der Waals surface area contributed by atoms with Crippen molar-refractivity contribution in [2.75, 3.05) is 19.0 Å². The van der Waals surface area contributed by atoms with Crippen molar-refractivity contribution >= 4 is 17.6 Å². The third-order valence-corrected chi connectivity index (χ3v) is 5.74. The molecule has 0 aliphatic carbocycles. The number of benzene rings is 4.